The fourth-order valence-electron chi connectivity index (χ4n) is 2.92. The number of nitrogens with one attached hydrogen (secondary N) is 2. The Balaban J connectivity index is 1.47. The second-order valence-corrected chi connectivity index (χ2v) is 6.46. The zero-order valence-electron chi connectivity index (χ0n) is 15.5. The zero-order valence-corrected chi connectivity index (χ0v) is 15.5. The van der Waals surface area contributed by atoms with Crippen LogP contribution in [0, 0.1) is 0 Å². The largest absolute Gasteiger partial charge is 0.493 e. The molecule has 0 unspecified atom stereocenters. The molecule has 1 aliphatic rings. The molecule has 0 saturated heterocycles. The SMILES string of the molecule is C[C@H](NC(=O)c1ccccc1)C(=O)OCC(=O)N[C@@H]1CCOc2ccccc21. The maximum atomic E-state index is 12.2. The number of para-hydroxylation sites is 1. The first-order valence-electron chi connectivity index (χ1n) is 9.08. The molecule has 0 fully saturated rings. The first kappa shape index (κ1) is 19.4. The van der Waals surface area contributed by atoms with E-state index in [4.69, 9.17) is 9.47 Å². The number of hydrogen-bond donors (Lipinski definition) is 2. The number of carbonyl (C=O) groups excluding carboxylic acids is 3. The molecule has 2 N–H and O–H groups in total. The monoisotopic (exact) mass is 382 g/mol. The quantitative estimate of drug-likeness (QED) is 0.745. The van der Waals surface area contributed by atoms with Gasteiger partial charge in [-0.15, -0.1) is 0 Å². The van der Waals surface area contributed by atoms with E-state index in [2.05, 4.69) is 10.6 Å². The number of carbonyl (C=O) groups is 3. The first-order chi connectivity index (χ1) is 13.5. The van der Waals surface area contributed by atoms with E-state index in [0.29, 0.717) is 18.6 Å². The molecule has 7 nitrogen and oxygen atoms in total. The molecule has 0 aliphatic carbocycles. The van der Waals surface area contributed by atoms with Crippen LogP contribution in [0.1, 0.15) is 35.3 Å². The van der Waals surface area contributed by atoms with Crippen LogP contribution in [0.15, 0.2) is 54.6 Å². The van der Waals surface area contributed by atoms with Crippen molar-refractivity contribution in [1.29, 1.82) is 0 Å². The molecule has 2 atom stereocenters. The Hall–Kier alpha value is -3.35. The average Bonchev–Trinajstić information content (AvgIpc) is 2.73. The van der Waals surface area contributed by atoms with Gasteiger partial charge in [0.05, 0.1) is 12.6 Å². The third-order valence-electron chi connectivity index (χ3n) is 4.38. The van der Waals surface area contributed by atoms with E-state index in [0.717, 1.165) is 11.3 Å². The van der Waals surface area contributed by atoms with Gasteiger partial charge in [0, 0.05) is 17.5 Å². The Morgan fingerprint density at radius 2 is 1.82 bits per heavy atom. The minimum Gasteiger partial charge on any atom is -0.493 e. The molecule has 2 aromatic rings. The van der Waals surface area contributed by atoms with E-state index in [1.807, 2.05) is 24.3 Å². The summed E-state index contributed by atoms with van der Waals surface area (Å²) in [6, 6.07) is 15.0. The van der Waals surface area contributed by atoms with Crippen LogP contribution in [-0.4, -0.2) is 37.0 Å². The topological polar surface area (TPSA) is 93.7 Å². The third-order valence-corrected chi connectivity index (χ3v) is 4.38. The Morgan fingerprint density at radius 3 is 2.61 bits per heavy atom. The molecular formula is C21H22N2O5. The van der Waals surface area contributed by atoms with Crippen molar-refractivity contribution in [3.63, 3.8) is 0 Å². The second kappa shape index (κ2) is 9.03. The highest BCUT2D eigenvalue weighted by atomic mass is 16.5. The van der Waals surface area contributed by atoms with E-state index < -0.39 is 24.5 Å². The van der Waals surface area contributed by atoms with Gasteiger partial charge in [-0.3, -0.25) is 9.59 Å². The summed E-state index contributed by atoms with van der Waals surface area (Å²) < 4.78 is 10.6. The number of hydrogen-bond acceptors (Lipinski definition) is 5. The number of benzene rings is 2. The number of amides is 2. The lowest BCUT2D eigenvalue weighted by molar-refractivity contribution is -0.150. The van der Waals surface area contributed by atoms with Gasteiger partial charge >= 0.3 is 5.97 Å². The predicted molar refractivity (Wildman–Crippen MR) is 102 cm³/mol. The van der Waals surface area contributed by atoms with Crippen LogP contribution in [0.3, 0.4) is 0 Å². The van der Waals surface area contributed by atoms with Crippen LogP contribution >= 0.6 is 0 Å². The normalized spacial score (nSPS) is 16.1. The third kappa shape index (κ3) is 4.88. The molecule has 1 aliphatic heterocycles. The van der Waals surface area contributed by atoms with Crippen molar-refractivity contribution in [3.8, 4) is 5.75 Å². The van der Waals surface area contributed by atoms with Crippen LogP contribution in [0.25, 0.3) is 0 Å². The summed E-state index contributed by atoms with van der Waals surface area (Å²) in [5.74, 6) is -0.718. The van der Waals surface area contributed by atoms with Crippen LogP contribution in [0.4, 0.5) is 0 Å². The van der Waals surface area contributed by atoms with Gasteiger partial charge < -0.3 is 20.1 Å². The minimum atomic E-state index is -0.871. The summed E-state index contributed by atoms with van der Waals surface area (Å²) in [5.41, 5.74) is 1.34. The van der Waals surface area contributed by atoms with Gasteiger partial charge in [0.15, 0.2) is 6.61 Å². The van der Waals surface area contributed by atoms with Gasteiger partial charge in [-0.1, -0.05) is 36.4 Å². The van der Waals surface area contributed by atoms with Crippen molar-refractivity contribution in [2.45, 2.75) is 25.4 Å². The summed E-state index contributed by atoms with van der Waals surface area (Å²) in [7, 11) is 0. The average molecular weight is 382 g/mol. The van der Waals surface area contributed by atoms with Crippen molar-refractivity contribution in [1.82, 2.24) is 10.6 Å². The van der Waals surface area contributed by atoms with Gasteiger partial charge in [0.2, 0.25) is 0 Å². The number of esters is 1. The molecule has 0 bridgehead atoms. The van der Waals surface area contributed by atoms with E-state index in [-0.39, 0.29) is 11.9 Å². The highest BCUT2D eigenvalue weighted by Crippen LogP contribution is 2.31. The lowest BCUT2D eigenvalue weighted by Crippen LogP contribution is -2.41. The molecule has 0 saturated carbocycles. The molecule has 0 spiro atoms. The Bertz CT molecular complexity index is 853. The van der Waals surface area contributed by atoms with E-state index in [1.54, 1.807) is 30.3 Å². The molecule has 28 heavy (non-hydrogen) atoms. The fourth-order valence-corrected chi connectivity index (χ4v) is 2.92. The number of ether oxygens (including phenoxy) is 2. The minimum absolute atomic E-state index is 0.189. The van der Waals surface area contributed by atoms with Crippen molar-refractivity contribution in [3.05, 3.63) is 65.7 Å². The molecule has 0 aromatic heterocycles. The van der Waals surface area contributed by atoms with Gasteiger partial charge in [-0.25, -0.2) is 4.79 Å². The Kier molecular flexibility index (Phi) is 6.26. The Labute approximate surface area is 163 Å². The smallest absolute Gasteiger partial charge is 0.328 e. The maximum Gasteiger partial charge on any atom is 0.328 e. The van der Waals surface area contributed by atoms with Crippen molar-refractivity contribution >= 4 is 17.8 Å². The molecule has 2 amide bonds. The molecule has 2 aromatic carbocycles. The van der Waals surface area contributed by atoms with Crippen molar-refractivity contribution in [2.75, 3.05) is 13.2 Å². The molecule has 3 rings (SSSR count). The second-order valence-electron chi connectivity index (χ2n) is 6.46. The standard InChI is InChI=1S/C21H22N2O5/c1-14(22-20(25)15-7-3-2-4-8-15)21(26)28-13-19(24)23-17-11-12-27-18-10-6-5-9-16(17)18/h2-10,14,17H,11-13H2,1H3,(H,22,25)(H,23,24)/t14-,17+/m0/s1. The molecule has 146 valence electrons. The summed E-state index contributed by atoms with van der Waals surface area (Å²) in [4.78, 5) is 36.3. The van der Waals surface area contributed by atoms with Crippen molar-refractivity contribution in [2.24, 2.45) is 0 Å². The first-order valence-corrected chi connectivity index (χ1v) is 9.08. The van der Waals surface area contributed by atoms with Crippen LogP contribution in [0.2, 0.25) is 0 Å². The number of rotatable bonds is 6. The molecule has 0 radical (unpaired) electrons. The zero-order chi connectivity index (χ0) is 19.9. The predicted octanol–water partition coefficient (Wildman–Crippen LogP) is 1.99. The Morgan fingerprint density at radius 1 is 1.11 bits per heavy atom. The number of fused-ring (bicyclic) bond motifs is 1. The van der Waals surface area contributed by atoms with E-state index in [9.17, 15) is 14.4 Å². The van der Waals surface area contributed by atoms with Crippen LogP contribution < -0.4 is 15.4 Å². The van der Waals surface area contributed by atoms with Gasteiger partial charge in [-0.05, 0) is 25.1 Å². The van der Waals surface area contributed by atoms with Gasteiger partial charge in [0.1, 0.15) is 11.8 Å². The maximum absolute atomic E-state index is 12.2. The van der Waals surface area contributed by atoms with Gasteiger partial charge in [-0.2, -0.15) is 0 Å². The molecular weight excluding hydrogens is 360 g/mol. The fraction of sp³-hybridized carbons (Fsp3) is 0.286. The van der Waals surface area contributed by atoms with Gasteiger partial charge in [0.25, 0.3) is 11.8 Å². The van der Waals surface area contributed by atoms with Crippen LogP contribution in [-0.2, 0) is 14.3 Å². The molecule has 1 heterocycles. The highest BCUT2D eigenvalue weighted by molar-refractivity contribution is 5.96. The van der Waals surface area contributed by atoms with E-state index in [1.165, 1.54) is 6.92 Å². The van der Waals surface area contributed by atoms with E-state index >= 15 is 0 Å². The highest BCUT2D eigenvalue weighted by Gasteiger charge is 2.24. The molecule has 7 heteroatoms. The summed E-state index contributed by atoms with van der Waals surface area (Å²) in [6.45, 7) is 1.60. The van der Waals surface area contributed by atoms with Crippen LogP contribution in [0.5, 0.6) is 5.75 Å². The summed E-state index contributed by atoms with van der Waals surface area (Å²) in [5, 5.41) is 5.40. The summed E-state index contributed by atoms with van der Waals surface area (Å²) >= 11 is 0. The van der Waals surface area contributed by atoms with Crippen molar-refractivity contribution < 1.29 is 23.9 Å². The lowest BCUT2D eigenvalue weighted by atomic mass is 10.0. The lowest BCUT2D eigenvalue weighted by Gasteiger charge is -2.26. The summed E-state index contributed by atoms with van der Waals surface area (Å²) in [6.07, 6.45) is 0.639.